The van der Waals surface area contributed by atoms with E-state index in [1.807, 2.05) is 30.3 Å². The van der Waals surface area contributed by atoms with Crippen LogP contribution in [0, 0.1) is 11.3 Å². The average molecular weight is 323 g/mol. The van der Waals surface area contributed by atoms with E-state index in [1.165, 1.54) is 12.3 Å². The first-order chi connectivity index (χ1) is 11.3. The Morgan fingerprint density at radius 1 is 1.26 bits per heavy atom. The molecule has 3 aromatic rings. The molecule has 0 spiro atoms. The van der Waals surface area contributed by atoms with Crippen LogP contribution in [0.4, 0.5) is 5.13 Å². The number of aromatic nitrogens is 2. The summed E-state index contributed by atoms with van der Waals surface area (Å²) in [6.45, 7) is 0. The summed E-state index contributed by atoms with van der Waals surface area (Å²) in [4.78, 5) is 16.2. The van der Waals surface area contributed by atoms with Crippen LogP contribution in [-0.4, -0.2) is 21.2 Å². The van der Waals surface area contributed by atoms with Gasteiger partial charge in [-0.15, -0.1) is 5.11 Å². The summed E-state index contributed by atoms with van der Waals surface area (Å²) >= 11 is 1.04. The van der Waals surface area contributed by atoms with Crippen molar-refractivity contribution in [2.75, 3.05) is 0 Å². The molecule has 2 aromatic heterocycles. The first-order valence-corrected chi connectivity index (χ1v) is 7.32. The first kappa shape index (κ1) is 14.7. The lowest BCUT2D eigenvalue weighted by atomic mass is 10.2. The number of hydrogen-bond donors (Lipinski definition) is 0. The number of azo groups is 1. The zero-order valence-electron chi connectivity index (χ0n) is 11.7. The van der Waals surface area contributed by atoms with Crippen LogP contribution < -0.4 is 0 Å². The molecule has 0 saturated carbocycles. The van der Waals surface area contributed by atoms with E-state index in [0.29, 0.717) is 5.82 Å². The van der Waals surface area contributed by atoms with Gasteiger partial charge in [0.15, 0.2) is 11.6 Å². The summed E-state index contributed by atoms with van der Waals surface area (Å²) in [7, 11) is 0. The standard InChI is InChI=1S/C15H9N5O2S/c16-9-11(13(21)12-7-4-8-22-12)18-19-15-17-14(20-23-15)10-5-2-1-3-6-10/h1-8,11H/b19-18+. The summed E-state index contributed by atoms with van der Waals surface area (Å²) in [6, 6.07) is 13.0. The van der Waals surface area contributed by atoms with Gasteiger partial charge in [-0.3, -0.25) is 4.79 Å². The summed E-state index contributed by atoms with van der Waals surface area (Å²) < 4.78 is 9.14. The molecule has 1 atom stereocenters. The third kappa shape index (κ3) is 3.36. The normalized spacial score (nSPS) is 12.1. The van der Waals surface area contributed by atoms with Crippen molar-refractivity contribution in [3.8, 4) is 17.5 Å². The maximum absolute atomic E-state index is 12.0. The van der Waals surface area contributed by atoms with Gasteiger partial charge in [0.25, 0.3) is 0 Å². The van der Waals surface area contributed by atoms with Gasteiger partial charge in [0, 0.05) is 17.1 Å². The first-order valence-electron chi connectivity index (χ1n) is 6.55. The largest absolute Gasteiger partial charge is 0.461 e. The molecule has 0 bridgehead atoms. The van der Waals surface area contributed by atoms with Crippen LogP contribution in [0.3, 0.4) is 0 Å². The van der Waals surface area contributed by atoms with E-state index in [2.05, 4.69) is 19.6 Å². The molecule has 0 aliphatic heterocycles. The van der Waals surface area contributed by atoms with Crippen molar-refractivity contribution >= 4 is 22.4 Å². The predicted molar refractivity (Wildman–Crippen MR) is 82.3 cm³/mol. The van der Waals surface area contributed by atoms with Gasteiger partial charge in [-0.2, -0.15) is 19.7 Å². The van der Waals surface area contributed by atoms with Crippen molar-refractivity contribution in [2.45, 2.75) is 6.04 Å². The smallest absolute Gasteiger partial charge is 0.249 e. The van der Waals surface area contributed by atoms with Gasteiger partial charge >= 0.3 is 0 Å². The highest BCUT2D eigenvalue weighted by Gasteiger charge is 2.21. The Morgan fingerprint density at radius 2 is 2.09 bits per heavy atom. The van der Waals surface area contributed by atoms with E-state index in [4.69, 9.17) is 9.68 Å². The topological polar surface area (TPSA) is 104 Å². The number of ketones is 1. The van der Waals surface area contributed by atoms with Gasteiger partial charge in [0.1, 0.15) is 6.07 Å². The highest BCUT2D eigenvalue weighted by molar-refractivity contribution is 7.09. The van der Waals surface area contributed by atoms with Gasteiger partial charge in [-0.05, 0) is 12.1 Å². The molecule has 0 aliphatic carbocycles. The number of hydrogen-bond acceptors (Lipinski definition) is 8. The van der Waals surface area contributed by atoms with Crippen molar-refractivity contribution in [1.29, 1.82) is 5.26 Å². The van der Waals surface area contributed by atoms with Gasteiger partial charge in [0.05, 0.1) is 6.26 Å². The van der Waals surface area contributed by atoms with Crippen molar-refractivity contribution in [3.63, 3.8) is 0 Å². The van der Waals surface area contributed by atoms with Gasteiger partial charge in [0.2, 0.25) is 17.0 Å². The van der Waals surface area contributed by atoms with E-state index in [0.717, 1.165) is 17.1 Å². The Kier molecular flexibility index (Phi) is 4.31. The van der Waals surface area contributed by atoms with Crippen LogP contribution in [0.2, 0.25) is 0 Å². The quantitative estimate of drug-likeness (QED) is 0.526. The van der Waals surface area contributed by atoms with Crippen molar-refractivity contribution in [2.24, 2.45) is 10.2 Å². The number of nitriles is 1. The van der Waals surface area contributed by atoms with Crippen molar-refractivity contribution < 1.29 is 9.21 Å². The molecule has 112 valence electrons. The average Bonchev–Trinajstić information content (AvgIpc) is 3.28. The van der Waals surface area contributed by atoms with Crippen LogP contribution in [0.1, 0.15) is 10.6 Å². The number of carbonyl (C=O) groups is 1. The van der Waals surface area contributed by atoms with E-state index in [9.17, 15) is 4.79 Å². The molecule has 23 heavy (non-hydrogen) atoms. The summed E-state index contributed by atoms with van der Waals surface area (Å²) in [5, 5.41) is 16.9. The highest BCUT2D eigenvalue weighted by atomic mass is 32.1. The molecule has 1 unspecified atom stereocenters. The van der Waals surface area contributed by atoms with Crippen LogP contribution in [0.15, 0.2) is 63.4 Å². The SMILES string of the molecule is N#CC(/N=N/c1nc(-c2ccccc2)ns1)C(=O)c1ccco1. The predicted octanol–water partition coefficient (Wildman–Crippen LogP) is 3.66. The molecule has 1 aromatic carbocycles. The third-order valence-electron chi connectivity index (χ3n) is 2.84. The maximum Gasteiger partial charge on any atom is 0.249 e. The second-order valence-corrected chi connectivity index (χ2v) is 5.09. The zero-order chi connectivity index (χ0) is 16.1. The fraction of sp³-hybridized carbons (Fsp3) is 0.0667. The molecule has 0 saturated heterocycles. The number of rotatable bonds is 5. The Morgan fingerprint density at radius 3 is 2.78 bits per heavy atom. The van der Waals surface area contributed by atoms with Crippen molar-refractivity contribution in [3.05, 3.63) is 54.5 Å². The third-order valence-corrected chi connectivity index (χ3v) is 3.44. The molecular weight excluding hydrogens is 314 g/mol. The molecule has 0 N–H and O–H groups in total. The fourth-order valence-electron chi connectivity index (χ4n) is 1.76. The summed E-state index contributed by atoms with van der Waals surface area (Å²) in [5.41, 5.74) is 0.855. The van der Waals surface area contributed by atoms with Gasteiger partial charge in [-0.25, -0.2) is 0 Å². The molecule has 0 aliphatic rings. The van der Waals surface area contributed by atoms with Gasteiger partial charge in [-0.1, -0.05) is 30.3 Å². The fourth-order valence-corrected chi connectivity index (χ4v) is 2.28. The Bertz CT molecular complexity index is 865. The number of Topliss-reactive ketones (excluding diaryl/α,β-unsaturated/α-hetero) is 1. The van der Waals surface area contributed by atoms with Crippen LogP contribution >= 0.6 is 11.5 Å². The van der Waals surface area contributed by atoms with Crippen LogP contribution in [0.5, 0.6) is 0 Å². The monoisotopic (exact) mass is 323 g/mol. The molecule has 2 heterocycles. The second-order valence-electron chi connectivity index (χ2n) is 4.36. The number of furan rings is 1. The lowest BCUT2D eigenvalue weighted by Gasteiger charge is -1.97. The van der Waals surface area contributed by atoms with Crippen LogP contribution in [0.25, 0.3) is 11.4 Å². The highest BCUT2D eigenvalue weighted by Crippen LogP contribution is 2.23. The molecule has 8 heteroatoms. The maximum atomic E-state index is 12.0. The minimum atomic E-state index is -1.27. The summed E-state index contributed by atoms with van der Waals surface area (Å²) in [6.07, 6.45) is 1.36. The van der Waals surface area contributed by atoms with E-state index in [-0.39, 0.29) is 10.9 Å². The molecular formula is C15H9N5O2S. The second kappa shape index (κ2) is 6.72. The number of benzene rings is 1. The van der Waals surface area contributed by atoms with Gasteiger partial charge < -0.3 is 4.42 Å². The summed E-state index contributed by atoms with van der Waals surface area (Å²) in [5.74, 6) is 0.0437. The molecule has 7 nitrogen and oxygen atoms in total. The molecule has 3 rings (SSSR count). The molecule has 0 fully saturated rings. The van der Waals surface area contributed by atoms with E-state index < -0.39 is 11.8 Å². The molecule has 0 amide bonds. The lowest BCUT2D eigenvalue weighted by Crippen LogP contribution is -2.15. The van der Waals surface area contributed by atoms with E-state index in [1.54, 1.807) is 12.1 Å². The van der Waals surface area contributed by atoms with E-state index >= 15 is 0 Å². The van der Waals surface area contributed by atoms with Crippen LogP contribution in [-0.2, 0) is 0 Å². The Hall–Kier alpha value is -3.18. The minimum absolute atomic E-state index is 0.0674. The Labute approximate surface area is 135 Å². The molecule has 0 radical (unpaired) electrons. The minimum Gasteiger partial charge on any atom is -0.461 e. The number of carbonyl (C=O) groups excluding carboxylic acids is 1. The zero-order valence-corrected chi connectivity index (χ0v) is 12.5. The van der Waals surface area contributed by atoms with Crippen molar-refractivity contribution in [1.82, 2.24) is 9.36 Å². The number of nitrogens with zero attached hydrogens (tertiary/aromatic N) is 5. The Balaban J connectivity index is 1.76. The lowest BCUT2D eigenvalue weighted by molar-refractivity contribution is 0.0952.